The average molecular weight is 457 g/mol. The van der Waals surface area contributed by atoms with E-state index >= 15 is 0 Å². The lowest BCUT2D eigenvalue weighted by molar-refractivity contribution is 0.0896. The van der Waals surface area contributed by atoms with E-state index in [1.165, 1.54) is 79.2 Å². The Hall–Kier alpha value is -2.47. The number of imidazole rings is 1. The van der Waals surface area contributed by atoms with Crippen LogP contribution in [0.3, 0.4) is 0 Å². The third-order valence-electron chi connectivity index (χ3n) is 7.34. The SMILES string of the molecule is c1ccc2[nH]c(-c3ccc(-c4ccc(CN5CCC(N6CCCCC6)CC5)cc4)s3)nc2c1. The maximum absolute atomic E-state index is 4.75. The molecule has 0 spiro atoms. The van der Waals surface area contributed by atoms with Crippen LogP contribution in [0.1, 0.15) is 37.7 Å². The van der Waals surface area contributed by atoms with Crippen molar-refractivity contribution in [3.63, 3.8) is 0 Å². The Kier molecular flexibility index (Phi) is 6.02. The largest absolute Gasteiger partial charge is 0.337 e. The number of aromatic nitrogens is 2. The van der Waals surface area contributed by atoms with E-state index < -0.39 is 0 Å². The Morgan fingerprint density at radius 1 is 0.818 bits per heavy atom. The predicted octanol–water partition coefficient (Wildman–Crippen LogP) is 6.41. The van der Waals surface area contributed by atoms with Crippen molar-refractivity contribution in [3.05, 3.63) is 66.2 Å². The number of nitrogens with zero attached hydrogens (tertiary/aromatic N) is 3. The summed E-state index contributed by atoms with van der Waals surface area (Å²) in [6.45, 7) is 6.19. The first kappa shape index (κ1) is 21.1. The first-order valence-corrected chi connectivity index (χ1v) is 13.2. The number of likely N-dealkylation sites (tertiary alicyclic amines) is 2. The van der Waals surface area contributed by atoms with Crippen molar-refractivity contribution in [3.8, 4) is 21.1 Å². The number of H-pyrrole nitrogens is 1. The molecule has 2 fully saturated rings. The number of rotatable bonds is 5. The fourth-order valence-electron chi connectivity index (χ4n) is 5.45. The van der Waals surface area contributed by atoms with Crippen molar-refractivity contribution in [1.82, 2.24) is 19.8 Å². The van der Waals surface area contributed by atoms with Gasteiger partial charge in [-0.15, -0.1) is 11.3 Å². The lowest BCUT2D eigenvalue weighted by Gasteiger charge is -2.40. The van der Waals surface area contributed by atoms with Gasteiger partial charge in [0.15, 0.2) is 0 Å². The van der Waals surface area contributed by atoms with Crippen molar-refractivity contribution in [2.45, 2.75) is 44.7 Å². The van der Waals surface area contributed by atoms with Crippen molar-refractivity contribution < 1.29 is 0 Å². The maximum Gasteiger partial charge on any atom is 0.148 e. The summed E-state index contributed by atoms with van der Waals surface area (Å²) in [6.07, 6.45) is 6.89. The van der Waals surface area contributed by atoms with Crippen LogP contribution in [0.5, 0.6) is 0 Å². The van der Waals surface area contributed by atoms with Crippen LogP contribution >= 0.6 is 11.3 Å². The fourth-order valence-corrected chi connectivity index (χ4v) is 6.40. The minimum Gasteiger partial charge on any atom is -0.337 e. The number of nitrogens with one attached hydrogen (secondary N) is 1. The first-order chi connectivity index (χ1) is 16.3. The summed E-state index contributed by atoms with van der Waals surface area (Å²) in [5.74, 6) is 0.956. The standard InChI is InChI=1S/C28H32N4S/c1-4-16-32(17-5-1)23-14-18-31(19-15-23)20-21-8-10-22(11-9-21)26-12-13-27(33-26)28-29-24-6-2-3-7-25(24)30-28/h2-3,6-13,23H,1,4-5,14-20H2,(H,29,30). The number of fused-ring (bicyclic) bond motifs is 1. The molecule has 0 atom stereocenters. The number of para-hydroxylation sites is 2. The summed E-state index contributed by atoms with van der Waals surface area (Å²) in [5.41, 5.74) is 4.82. The van der Waals surface area contributed by atoms with E-state index in [9.17, 15) is 0 Å². The number of thiophene rings is 1. The summed E-state index contributed by atoms with van der Waals surface area (Å²) >= 11 is 1.80. The molecule has 2 aliphatic heterocycles. The Morgan fingerprint density at radius 3 is 2.36 bits per heavy atom. The van der Waals surface area contributed by atoms with E-state index in [0.717, 1.165) is 29.4 Å². The molecule has 5 heteroatoms. The summed E-state index contributed by atoms with van der Waals surface area (Å²) < 4.78 is 0. The summed E-state index contributed by atoms with van der Waals surface area (Å²) in [6, 6.07) is 22.6. The number of piperidine rings is 2. The van der Waals surface area contributed by atoms with Gasteiger partial charge in [-0.05, 0) is 87.3 Å². The van der Waals surface area contributed by atoms with Gasteiger partial charge in [-0.25, -0.2) is 4.98 Å². The Labute approximate surface area is 200 Å². The third kappa shape index (κ3) is 4.63. The molecule has 4 heterocycles. The monoisotopic (exact) mass is 456 g/mol. The first-order valence-electron chi connectivity index (χ1n) is 12.4. The summed E-state index contributed by atoms with van der Waals surface area (Å²) in [5, 5.41) is 0. The molecule has 0 aliphatic carbocycles. The van der Waals surface area contributed by atoms with Crippen molar-refractivity contribution in [1.29, 1.82) is 0 Å². The number of benzene rings is 2. The topological polar surface area (TPSA) is 35.2 Å². The van der Waals surface area contributed by atoms with Gasteiger partial charge in [-0.2, -0.15) is 0 Å². The molecule has 0 unspecified atom stereocenters. The van der Waals surface area contributed by atoms with Crippen LogP contribution in [-0.4, -0.2) is 52.0 Å². The molecule has 0 amide bonds. The van der Waals surface area contributed by atoms with Gasteiger partial charge in [-0.1, -0.05) is 42.8 Å². The van der Waals surface area contributed by atoms with Gasteiger partial charge in [-0.3, -0.25) is 4.90 Å². The van der Waals surface area contributed by atoms with E-state index in [1.807, 2.05) is 12.1 Å². The van der Waals surface area contributed by atoms with E-state index in [1.54, 1.807) is 11.3 Å². The van der Waals surface area contributed by atoms with Crippen LogP contribution in [0, 0.1) is 0 Å². The molecule has 0 bridgehead atoms. The van der Waals surface area contributed by atoms with Gasteiger partial charge in [0.25, 0.3) is 0 Å². The lowest BCUT2D eigenvalue weighted by atomic mass is 9.99. The van der Waals surface area contributed by atoms with Crippen molar-refractivity contribution >= 4 is 22.4 Å². The minimum absolute atomic E-state index is 0.823. The molecule has 0 saturated carbocycles. The zero-order chi connectivity index (χ0) is 22.0. The molecule has 1 N–H and O–H groups in total. The van der Waals surface area contributed by atoms with Crippen LogP contribution in [0.15, 0.2) is 60.7 Å². The lowest BCUT2D eigenvalue weighted by Crippen LogP contribution is -2.46. The van der Waals surface area contributed by atoms with E-state index in [0.29, 0.717) is 0 Å². The van der Waals surface area contributed by atoms with E-state index in [4.69, 9.17) is 4.98 Å². The summed E-state index contributed by atoms with van der Waals surface area (Å²) in [7, 11) is 0. The van der Waals surface area contributed by atoms with Gasteiger partial charge in [0.1, 0.15) is 5.82 Å². The molecule has 2 saturated heterocycles. The molecule has 33 heavy (non-hydrogen) atoms. The highest BCUT2D eigenvalue weighted by Gasteiger charge is 2.25. The van der Waals surface area contributed by atoms with Gasteiger partial charge >= 0.3 is 0 Å². The average Bonchev–Trinajstić information content (AvgIpc) is 3.53. The molecule has 2 aromatic heterocycles. The highest BCUT2D eigenvalue weighted by Crippen LogP contribution is 2.34. The summed E-state index contributed by atoms with van der Waals surface area (Å²) in [4.78, 5) is 16.1. The second-order valence-corrected chi connectivity index (χ2v) is 10.7. The normalized spacial score (nSPS) is 18.8. The molecule has 6 rings (SSSR count). The zero-order valence-corrected chi connectivity index (χ0v) is 20.0. The third-order valence-corrected chi connectivity index (χ3v) is 8.48. The Bertz CT molecular complexity index is 1160. The molecule has 2 aliphatic rings. The second kappa shape index (κ2) is 9.41. The van der Waals surface area contributed by atoms with Gasteiger partial charge in [0.05, 0.1) is 15.9 Å². The molecule has 0 radical (unpaired) electrons. The molecule has 4 nitrogen and oxygen atoms in total. The van der Waals surface area contributed by atoms with Crippen LogP contribution in [0.25, 0.3) is 32.2 Å². The van der Waals surface area contributed by atoms with E-state index in [-0.39, 0.29) is 0 Å². The highest BCUT2D eigenvalue weighted by atomic mass is 32.1. The number of hydrogen-bond donors (Lipinski definition) is 1. The number of hydrogen-bond acceptors (Lipinski definition) is 4. The molecule has 170 valence electrons. The maximum atomic E-state index is 4.75. The van der Waals surface area contributed by atoms with Crippen LogP contribution in [-0.2, 0) is 6.54 Å². The molecular formula is C28H32N4S. The zero-order valence-electron chi connectivity index (χ0n) is 19.2. The predicted molar refractivity (Wildman–Crippen MR) is 139 cm³/mol. The van der Waals surface area contributed by atoms with Crippen molar-refractivity contribution in [2.75, 3.05) is 26.2 Å². The molecule has 4 aromatic rings. The van der Waals surface area contributed by atoms with Crippen LogP contribution in [0.2, 0.25) is 0 Å². The van der Waals surface area contributed by atoms with E-state index in [2.05, 4.69) is 63.3 Å². The quantitative estimate of drug-likeness (QED) is 0.377. The second-order valence-electron chi connectivity index (χ2n) is 9.57. The highest BCUT2D eigenvalue weighted by molar-refractivity contribution is 7.18. The van der Waals surface area contributed by atoms with Gasteiger partial charge < -0.3 is 9.88 Å². The van der Waals surface area contributed by atoms with Crippen LogP contribution < -0.4 is 0 Å². The smallest absolute Gasteiger partial charge is 0.148 e. The molecule has 2 aromatic carbocycles. The fraction of sp³-hybridized carbons (Fsp3) is 0.393. The van der Waals surface area contributed by atoms with Gasteiger partial charge in [0.2, 0.25) is 0 Å². The van der Waals surface area contributed by atoms with Crippen LogP contribution in [0.4, 0.5) is 0 Å². The minimum atomic E-state index is 0.823. The van der Waals surface area contributed by atoms with Crippen molar-refractivity contribution in [2.24, 2.45) is 0 Å². The Balaban J connectivity index is 1.08. The molecular weight excluding hydrogens is 424 g/mol. The Morgan fingerprint density at radius 2 is 1.58 bits per heavy atom. The van der Waals surface area contributed by atoms with Gasteiger partial charge in [0, 0.05) is 17.5 Å². The number of aromatic amines is 1.